The van der Waals surface area contributed by atoms with Crippen LogP contribution in [0.1, 0.15) is 28.4 Å². The van der Waals surface area contributed by atoms with E-state index in [1.807, 2.05) is 13.0 Å². The van der Waals surface area contributed by atoms with Crippen molar-refractivity contribution in [3.8, 4) is 0 Å². The molecule has 0 fully saturated rings. The van der Waals surface area contributed by atoms with Crippen molar-refractivity contribution in [3.63, 3.8) is 0 Å². The molecule has 0 saturated carbocycles. The lowest BCUT2D eigenvalue weighted by atomic mass is 9.98. The molecule has 0 aliphatic rings. The molecular weight excluding hydrogens is 184 g/mol. The van der Waals surface area contributed by atoms with Crippen LogP contribution in [-0.4, -0.2) is 5.78 Å². The number of ketones is 1. The van der Waals surface area contributed by atoms with E-state index >= 15 is 0 Å². The van der Waals surface area contributed by atoms with E-state index in [4.69, 9.17) is 0 Å². The van der Waals surface area contributed by atoms with Crippen molar-refractivity contribution >= 4 is 16.6 Å². The van der Waals surface area contributed by atoms with Crippen LogP contribution in [0, 0.1) is 13.8 Å². The van der Waals surface area contributed by atoms with Gasteiger partial charge < -0.3 is 0 Å². The van der Waals surface area contributed by atoms with Crippen LogP contribution in [0.4, 0.5) is 0 Å². The fourth-order valence-corrected chi connectivity index (χ4v) is 1.91. The van der Waals surface area contributed by atoms with Gasteiger partial charge in [0.15, 0.2) is 5.78 Å². The van der Waals surface area contributed by atoms with Crippen molar-refractivity contribution < 1.29 is 4.79 Å². The number of hydrogen-bond acceptors (Lipinski definition) is 1. The number of hydrogen-bond donors (Lipinski definition) is 0. The van der Waals surface area contributed by atoms with E-state index in [1.165, 1.54) is 10.9 Å². The van der Waals surface area contributed by atoms with E-state index in [9.17, 15) is 4.79 Å². The van der Waals surface area contributed by atoms with E-state index in [-0.39, 0.29) is 5.78 Å². The lowest BCUT2D eigenvalue weighted by Crippen LogP contribution is -1.95. The first-order chi connectivity index (χ1) is 7.08. The number of aryl methyl sites for hydroxylation is 2. The molecule has 0 aromatic heterocycles. The van der Waals surface area contributed by atoms with Gasteiger partial charge in [-0.05, 0) is 43.2 Å². The zero-order valence-electron chi connectivity index (χ0n) is 9.29. The fourth-order valence-electron chi connectivity index (χ4n) is 1.91. The largest absolute Gasteiger partial charge is 0.295 e. The summed E-state index contributed by atoms with van der Waals surface area (Å²) in [7, 11) is 0. The summed E-state index contributed by atoms with van der Waals surface area (Å²) in [4.78, 5) is 11.4. The van der Waals surface area contributed by atoms with Crippen molar-refractivity contribution in [2.24, 2.45) is 0 Å². The van der Waals surface area contributed by atoms with Gasteiger partial charge in [-0.15, -0.1) is 0 Å². The Morgan fingerprint density at radius 3 is 2.40 bits per heavy atom. The maximum Gasteiger partial charge on any atom is 0.160 e. The van der Waals surface area contributed by atoms with Gasteiger partial charge in [-0.1, -0.05) is 29.8 Å². The van der Waals surface area contributed by atoms with Gasteiger partial charge in [-0.2, -0.15) is 0 Å². The molecule has 0 aliphatic heterocycles. The zero-order chi connectivity index (χ0) is 11.0. The number of benzene rings is 2. The molecule has 0 radical (unpaired) electrons. The van der Waals surface area contributed by atoms with E-state index in [0.717, 1.165) is 16.5 Å². The van der Waals surface area contributed by atoms with E-state index in [2.05, 4.69) is 31.2 Å². The minimum Gasteiger partial charge on any atom is -0.295 e. The Kier molecular flexibility index (Phi) is 2.31. The Morgan fingerprint density at radius 1 is 1.00 bits per heavy atom. The van der Waals surface area contributed by atoms with Crippen molar-refractivity contribution in [1.82, 2.24) is 0 Å². The number of carbonyl (C=O) groups excluding carboxylic acids is 1. The third-order valence-corrected chi connectivity index (χ3v) is 2.72. The van der Waals surface area contributed by atoms with Crippen LogP contribution in [0.3, 0.4) is 0 Å². The summed E-state index contributed by atoms with van der Waals surface area (Å²) < 4.78 is 0. The van der Waals surface area contributed by atoms with Crippen LogP contribution in [0.25, 0.3) is 10.8 Å². The van der Waals surface area contributed by atoms with Crippen LogP contribution < -0.4 is 0 Å². The van der Waals surface area contributed by atoms with Gasteiger partial charge in [0.25, 0.3) is 0 Å². The minimum atomic E-state index is 0.134. The Balaban J connectivity index is 2.76. The summed E-state index contributed by atoms with van der Waals surface area (Å²) in [5, 5.41) is 2.34. The summed E-state index contributed by atoms with van der Waals surface area (Å²) in [5.74, 6) is 0.134. The van der Waals surface area contributed by atoms with Crippen molar-refractivity contribution in [2.75, 3.05) is 0 Å². The molecule has 15 heavy (non-hydrogen) atoms. The monoisotopic (exact) mass is 198 g/mol. The Hall–Kier alpha value is -1.63. The van der Waals surface area contributed by atoms with Gasteiger partial charge in [-0.25, -0.2) is 0 Å². The second kappa shape index (κ2) is 3.50. The molecule has 0 amide bonds. The molecule has 0 unspecified atom stereocenters. The van der Waals surface area contributed by atoms with E-state index in [1.54, 1.807) is 6.92 Å². The summed E-state index contributed by atoms with van der Waals surface area (Å²) in [6.45, 7) is 5.68. The highest BCUT2D eigenvalue weighted by molar-refractivity contribution is 6.00. The molecule has 1 nitrogen and oxygen atoms in total. The van der Waals surface area contributed by atoms with Gasteiger partial charge >= 0.3 is 0 Å². The molecule has 2 aromatic carbocycles. The first-order valence-corrected chi connectivity index (χ1v) is 5.10. The molecule has 0 aliphatic carbocycles. The molecule has 1 heteroatoms. The quantitative estimate of drug-likeness (QED) is 0.639. The molecule has 0 atom stereocenters. The highest BCUT2D eigenvalue weighted by Crippen LogP contribution is 2.21. The number of carbonyl (C=O) groups is 1. The first kappa shape index (κ1) is 9.91. The van der Waals surface area contributed by atoms with Gasteiger partial charge in [0.1, 0.15) is 0 Å². The Bertz CT molecular complexity index is 538. The average molecular weight is 198 g/mol. The lowest BCUT2D eigenvalue weighted by molar-refractivity contribution is 0.101. The second-order valence-electron chi connectivity index (χ2n) is 4.07. The smallest absolute Gasteiger partial charge is 0.160 e. The summed E-state index contributed by atoms with van der Waals surface area (Å²) in [6, 6.07) is 10.3. The van der Waals surface area contributed by atoms with Crippen LogP contribution >= 0.6 is 0 Å². The summed E-state index contributed by atoms with van der Waals surface area (Å²) >= 11 is 0. The zero-order valence-corrected chi connectivity index (χ0v) is 9.29. The van der Waals surface area contributed by atoms with Crippen molar-refractivity contribution in [3.05, 3.63) is 47.0 Å². The molecule has 2 rings (SSSR count). The summed E-state index contributed by atoms with van der Waals surface area (Å²) in [5.41, 5.74) is 3.13. The lowest BCUT2D eigenvalue weighted by Gasteiger charge is -2.05. The maximum atomic E-state index is 11.4. The topological polar surface area (TPSA) is 17.1 Å². The van der Waals surface area contributed by atoms with Crippen LogP contribution in [0.2, 0.25) is 0 Å². The van der Waals surface area contributed by atoms with E-state index < -0.39 is 0 Å². The Morgan fingerprint density at radius 2 is 1.73 bits per heavy atom. The summed E-state index contributed by atoms with van der Waals surface area (Å²) in [6.07, 6.45) is 0. The Labute approximate surface area is 89.7 Å². The highest BCUT2D eigenvalue weighted by Gasteiger charge is 2.05. The van der Waals surface area contributed by atoms with Crippen LogP contribution in [0.15, 0.2) is 30.3 Å². The third-order valence-electron chi connectivity index (χ3n) is 2.72. The molecule has 0 bridgehead atoms. The number of rotatable bonds is 1. The van der Waals surface area contributed by atoms with Crippen molar-refractivity contribution in [1.29, 1.82) is 0 Å². The van der Waals surface area contributed by atoms with E-state index in [0.29, 0.717) is 0 Å². The molecule has 0 saturated heterocycles. The number of Topliss-reactive ketones (excluding diaryl/α,β-unsaturated/α-hetero) is 1. The normalized spacial score (nSPS) is 10.6. The predicted octanol–water partition coefficient (Wildman–Crippen LogP) is 3.66. The maximum absolute atomic E-state index is 11.4. The molecular formula is C14H14O. The molecule has 76 valence electrons. The van der Waals surface area contributed by atoms with Crippen LogP contribution in [0.5, 0.6) is 0 Å². The fraction of sp³-hybridized carbons (Fsp3) is 0.214. The van der Waals surface area contributed by atoms with Gasteiger partial charge in [0.2, 0.25) is 0 Å². The molecule has 0 spiro atoms. The van der Waals surface area contributed by atoms with Gasteiger partial charge in [-0.3, -0.25) is 4.79 Å². The molecule has 0 N–H and O–H groups in total. The molecule has 0 heterocycles. The van der Waals surface area contributed by atoms with Gasteiger partial charge in [0.05, 0.1) is 0 Å². The van der Waals surface area contributed by atoms with Gasteiger partial charge in [0, 0.05) is 5.56 Å². The van der Waals surface area contributed by atoms with Crippen molar-refractivity contribution in [2.45, 2.75) is 20.8 Å². The standard InChI is InChI=1S/C14H14O/c1-9-4-5-12-8-14(11(3)15)10(2)7-13(12)6-9/h4-8H,1-3H3. The number of fused-ring (bicyclic) bond motifs is 1. The molecule has 2 aromatic rings. The average Bonchev–Trinajstić information content (AvgIpc) is 2.15. The highest BCUT2D eigenvalue weighted by atomic mass is 16.1. The minimum absolute atomic E-state index is 0.134. The first-order valence-electron chi connectivity index (χ1n) is 5.10. The SMILES string of the molecule is CC(=O)c1cc2ccc(C)cc2cc1C. The second-order valence-corrected chi connectivity index (χ2v) is 4.07. The third kappa shape index (κ3) is 1.78. The van der Waals surface area contributed by atoms with Crippen LogP contribution in [-0.2, 0) is 0 Å². The predicted molar refractivity (Wildman–Crippen MR) is 63.4 cm³/mol.